The van der Waals surface area contributed by atoms with E-state index >= 15 is 0 Å². The highest BCUT2D eigenvalue weighted by Crippen LogP contribution is 2.26. The summed E-state index contributed by atoms with van der Waals surface area (Å²) in [6.07, 6.45) is 6.79. The number of hydrogen-bond acceptors (Lipinski definition) is 2. The summed E-state index contributed by atoms with van der Waals surface area (Å²) in [7, 11) is 0. The molecule has 1 fully saturated rings. The lowest BCUT2D eigenvalue weighted by Gasteiger charge is -2.26. The van der Waals surface area contributed by atoms with Gasteiger partial charge in [-0.3, -0.25) is 0 Å². The van der Waals surface area contributed by atoms with Gasteiger partial charge in [-0.05, 0) is 55.7 Å². The zero-order chi connectivity index (χ0) is 14.2. The Kier molecular flexibility index (Phi) is 6.55. The molecule has 0 spiro atoms. The van der Waals surface area contributed by atoms with Crippen LogP contribution >= 0.6 is 0 Å². The van der Waals surface area contributed by atoms with Crippen molar-refractivity contribution in [2.75, 3.05) is 6.54 Å². The zero-order valence-electron chi connectivity index (χ0n) is 13.0. The van der Waals surface area contributed by atoms with Crippen LogP contribution in [0, 0.1) is 5.92 Å². The van der Waals surface area contributed by atoms with E-state index in [1.165, 1.54) is 43.2 Å². The second-order valence-electron chi connectivity index (χ2n) is 6.19. The van der Waals surface area contributed by atoms with E-state index in [9.17, 15) is 0 Å². The first-order valence-corrected chi connectivity index (χ1v) is 8.18. The molecule has 2 heteroatoms. The minimum Gasteiger partial charge on any atom is -0.374 e. The van der Waals surface area contributed by atoms with Crippen LogP contribution in [0.15, 0.2) is 24.3 Å². The van der Waals surface area contributed by atoms with Crippen LogP contribution in [0.4, 0.5) is 0 Å². The van der Waals surface area contributed by atoms with E-state index in [2.05, 4.69) is 43.4 Å². The van der Waals surface area contributed by atoms with Crippen LogP contribution in [0.25, 0.3) is 0 Å². The van der Waals surface area contributed by atoms with E-state index in [0.29, 0.717) is 6.10 Å². The molecule has 1 saturated carbocycles. The van der Waals surface area contributed by atoms with Crippen LogP contribution in [-0.2, 0) is 17.9 Å². The van der Waals surface area contributed by atoms with E-state index in [1.807, 2.05) is 0 Å². The molecule has 0 heterocycles. The standard InChI is InChI=1S/C18H29NO/c1-3-12-19-13-16-6-8-17(9-7-16)14-20-18-10-4-15(2)5-11-18/h6-9,15,18-19H,3-5,10-14H2,1-2H3. The first kappa shape index (κ1) is 15.5. The summed E-state index contributed by atoms with van der Waals surface area (Å²) in [5.74, 6) is 0.893. The van der Waals surface area contributed by atoms with Gasteiger partial charge in [-0.2, -0.15) is 0 Å². The summed E-state index contributed by atoms with van der Waals surface area (Å²) in [6, 6.07) is 8.83. The number of benzene rings is 1. The highest BCUT2D eigenvalue weighted by molar-refractivity contribution is 5.21. The van der Waals surface area contributed by atoms with Gasteiger partial charge in [-0.15, -0.1) is 0 Å². The van der Waals surface area contributed by atoms with Crippen molar-refractivity contribution in [1.29, 1.82) is 0 Å². The first-order valence-electron chi connectivity index (χ1n) is 8.18. The summed E-state index contributed by atoms with van der Waals surface area (Å²) < 4.78 is 6.04. The molecule has 1 aliphatic carbocycles. The fourth-order valence-corrected chi connectivity index (χ4v) is 2.77. The van der Waals surface area contributed by atoms with Gasteiger partial charge in [-0.1, -0.05) is 38.1 Å². The van der Waals surface area contributed by atoms with Crippen molar-refractivity contribution in [2.24, 2.45) is 5.92 Å². The van der Waals surface area contributed by atoms with E-state index in [4.69, 9.17) is 4.74 Å². The second kappa shape index (κ2) is 8.43. The van der Waals surface area contributed by atoms with E-state index in [0.717, 1.165) is 25.6 Å². The van der Waals surface area contributed by atoms with Gasteiger partial charge in [0.25, 0.3) is 0 Å². The van der Waals surface area contributed by atoms with Gasteiger partial charge in [-0.25, -0.2) is 0 Å². The maximum Gasteiger partial charge on any atom is 0.0720 e. The Hall–Kier alpha value is -0.860. The van der Waals surface area contributed by atoms with Crippen LogP contribution in [-0.4, -0.2) is 12.6 Å². The maximum absolute atomic E-state index is 6.04. The molecule has 0 radical (unpaired) electrons. The topological polar surface area (TPSA) is 21.3 Å². The predicted molar refractivity (Wildman–Crippen MR) is 84.6 cm³/mol. The highest BCUT2D eigenvalue weighted by atomic mass is 16.5. The lowest BCUT2D eigenvalue weighted by Crippen LogP contribution is -2.20. The summed E-state index contributed by atoms with van der Waals surface area (Å²) in [5, 5.41) is 3.43. The Bertz CT molecular complexity index is 366. The highest BCUT2D eigenvalue weighted by Gasteiger charge is 2.18. The van der Waals surface area contributed by atoms with Crippen molar-refractivity contribution in [3.63, 3.8) is 0 Å². The first-order chi connectivity index (χ1) is 9.78. The van der Waals surface area contributed by atoms with Crippen molar-refractivity contribution in [3.05, 3.63) is 35.4 Å². The van der Waals surface area contributed by atoms with Crippen molar-refractivity contribution in [2.45, 2.75) is 65.2 Å². The number of hydrogen-bond donors (Lipinski definition) is 1. The SMILES string of the molecule is CCCNCc1ccc(COC2CCC(C)CC2)cc1. The molecule has 2 nitrogen and oxygen atoms in total. The van der Waals surface area contributed by atoms with Gasteiger partial charge >= 0.3 is 0 Å². The molecule has 1 aromatic rings. The minimum atomic E-state index is 0.483. The molecule has 0 saturated heterocycles. The summed E-state index contributed by atoms with van der Waals surface area (Å²) >= 11 is 0. The molecule has 1 aromatic carbocycles. The molecule has 2 rings (SSSR count). The lowest BCUT2D eigenvalue weighted by atomic mass is 9.89. The van der Waals surface area contributed by atoms with E-state index in [-0.39, 0.29) is 0 Å². The normalized spacial score (nSPS) is 22.9. The van der Waals surface area contributed by atoms with Crippen LogP contribution in [0.2, 0.25) is 0 Å². The third-order valence-electron chi connectivity index (χ3n) is 4.23. The quantitative estimate of drug-likeness (QED) is 0.750. The van der Waals surface area contributed by atoms with Gasteiger partial charge in [0, 0.05) is 6.54 Å². The summed E-state index contributed by atoms with van der Waals surface area (Å²) in [6.45, 7) is 7.36. The van der Waals surface area contributed by atoms with Crippen LogP contribution in [0.5, 0.6) is 0 Å². The largest absolute Gasteiger partial charge is 0.374 e. The average Bonchev–Trinajstić information content (AvgIpc) is 2.48. The second-order valence-corrected chi connectivity index (χ2v) is 6.19. The molecule has 0 amide bonds. The Morgan fingerprint density at radius 3 is 2.35 bits per heavy atom. The predicted octanol–water partition coefficient (Wildman–Crippen LogP) is 4.28. The van der Waals surface area contributed by atoms with Crippen molar-refractivity contribution in [3.8, 4) is 0 Å². The van der Waals surface area contributed by atoms with Crippen LogP contribution < -0.4 is 5.32 Å². The van der Waals surface area contributed by atoms with Crippen molar-refractivity contribution < 1.29 is 4.74 Å². The number of nitrogens with one attached hydrogen (secondary N) is 1. The third kappa shape index (κ3) is 5.26. The van der Waals surface area contributed by atoms with Gasteiger partial charge in [0.15, 0.2) is 0 Å². The zero-order valence-corrected chi connectivity index (χ0v) is 13.0. The molecule has 112 valence electrons. The van der Waals surface area contributed by atoms with Crippen LogP contribution in [0.1, 0.15) is 57.1 Å². The number of ether oxygens (including phenoxy) is 1. The molecular weight excluding hydrogens is 246 g/mol. The van der Waals surface area contributed by atoms with Crippen molar-refractivity contribution >= 4 is 0 Å². The third-order valence-corrected chi connectivity index (χ3v) is 4.23. The maximum atomic E-state index is 6.04. The minimum absolute atomic E-state index is 0.483. The average molecular weight is 275 g/mol. The Balaban J connectivity index is 1.70. The van der Waals surface area contributed by atoms with Crippen LogP contribution in [0.3, 0.4) is 0 Å². The molecular formula is C18H29NO. The Morgan fingerprint density at radius 1 is 1.05 bits per heavy atom. The molecule has 1 N–H and O–H groups in total. The molecule has 0 aromatic heterocycles. The van der Waals surface area contributed by atoms with Crippen molar-refractivity contribution in [1.82, 2.24) is 5.32 Å². The van der Waals surface area contributed by atoms with E-state index in [1.54, 1.807) is 0 Å². The fraction of sp³-hybridized carbons (Fsp3) is 0.667. The van der Waals surface area contributed by atoms with E-state index < -0.39 is 0 Å². The summed E-state index contributed by atoms with van der Waals surface area (Å²) in [5.41, 5.74) is 2.65. The van der Waals surface area contributed by atoms with Gasteiger partial charge in [0.1, 0.15) is 0 Å². The smallest absolute Gasteiger partial charge is 0.0720 e. The molecule has 1 aliphatic rings. The Labute approximate surface area is 123 Å². The molecule has 0 unspecified atom stereocenters. The fourth-order valence-electron chi connectivity index (χ4n) is 2.77. The molecule has 0 aliphatic heterocycles. The molecule has 0 bridgehead atoms. The summed E-state index contributed by atoms with van der Waals surface area (Å²) in [4.78, 5) is 0. The van der Waals surface area contributed by atoms with Gasteiger partial charge in [0.2, 0.25) is 0 Å². The lowest BCUT2D eigenvalue weighted by molar-refractivity contribution is 0.00877. The van der Waals surface area contributed by atoms with Gasteiger partial charge < -0.3 is 10.1 Å². The Morgan fingerprint density at radius 2 is 1.70 bits per heavy atom. The molecule has 20 heavy (non-hydrogen) atoms. The molecule has 0 atom stereocenters. The van der Waals surface area contributed by atoms with Gasteiger partial charge in [0.05, 0.1) is 12.7 Å². The number of rotatable bonds is 7. The monoisotopic (exact) mass is 275 g/mol.